The Balaban J connectivity index is 1.55. The van der Waals surface area contributed by atoms with Gasteiger partial charge in [0.15, 0.2) is 0 Å². The van der Waals surface area contributed by atoms with E-state index in [1.807, 2.05) is 30.6 Å². The van der Waals surface area contributed by atoms with Crippen molar-refractivity contribution in [3.8, 4) is 0 Å². The van der Waals surface area contributed by atoms with Crippen LogP contribution < -0.4 is 0 Å². The highest BCUT2D eigenvalue weighted by atomic mass is 16.4. The van der Waals surface area contributed by atoms with Gasteiger partial charge in [-0.05, 0) is 37.5 Å². The first-order valence-electron chi connectivity index (χ1n) is 9.45. The Bertz CT molecular complexity index is 572. The van der Waals surface area contributed by atoms with E-state index in [2.05, 4.69) is 0 Å². The summed E-state index contributed by atoms with van der Waals surface area (Å²) in [6.45, 7) is 8.33. The molecule has 3 aliphatic rings. The number of carbonyl (C=O) groups is 3. The molecule has 140 valence electrons. The van der Waals surface area contributed by atoms with E-state index < -0.39 is 11.4 Å². The third-order valence-corrected chi connectivity index (χ3v) is 6.26. The van der Waals surface area contributed by atoms with Gasteiger partial charge in [0.25, 0.3) is 0 Å². The van der Waals surface area contributed by atoms with Crippen LogP contribution >= 0.6 is 0 Å². The Labute approximate surface area is 149 Å². The van der Waals surface area contributed by atoms with Crippen LogP contribution in [-0.4, -0.2) is 58.9 Å². The van der Waals surface area contributed by atoms with Gasteiger partial charge in [-0.15, -0.1) is 0 Å². The van der Waals surface area contributed by atoms with Gasteiger partial charge in [0, 0.05) is 31.6 Å². The first-order valence-corrected chi connectivity index (χ1v) is 9.45. The highest BCUT2D eigenvalue weighted by Gasteiger charge is 2.59. The zero-order valence-electron chi connectivity index (χ0n) is 15.6. The minimum absolute atomic E-state index is 0.0522. The van der Waals surface area contributed by atoms with Crippen LogP contribution in [0.3, 0.4) is 0 Å². The molecule has 2 saturated heterocycles. The number of likely N-dealkylation sites (tertiary alicyclic amines) is 2. The Hall–Kier alpha value is -1.59. The Morgan fingerprint density at radius 2 is 1.68 bits per heavy atom. The molecular formula is C19H30N2O4. The zero-order valence-corrected chi connectivity index (χ0v) is 15.6. The predicted octanol–water partition coefficient (Wildman–Crippen LogP) is 1.98. The second-order valence-corrected chi connectivity index (χ2v) is 9.12. The van der Waals surface area contributed by atoms with Crippen molar-refractivity contribution >= 4 is 17.8 Å². The van der Waals surface area contributed by atoms with Gasteiger partial charge in [-0.3, -0.25) is 14.4 Å². The van der Waals surface area contributed by atoms with Crippen LogP contribution in [0.25, 0.3) is 0 Å². The van der Waals surface area contributed by atoms with Crippen LogP contribution in [-0.2, 0) is 14.4 Å². The highest BCUT2D eigenvalue weighted by Crippen LogP contribution is 2.59. The van der Waals surface area contributed by atoms with Gasteiger partial charge in [-0.25, -0.2) is 0 Å². The van der Waals surface area contributed by atoms with Gasteiger partial charge in [0.05, 0.1) is 11.8 Å². The summed E-state index contributed by atoms with van der Waals surface area (Å²) in [7, 11) is 0. The average molecular weight is 350 g/mol. The number of carbonyl (C=O) groups excluding carboxylic acids is 2. The molecule has 0 bridgehead atoms. The van der Waals surface area contributed by atoms with Crippen molar-refractivity contribution in [1.29, 1.82) is 0 Å². The first-order chi connectivity index (χ1) is 11.6. The van der Waals surface area contributed by atoms with Crippen LogP contribution in [0, 0.1) is 22.7 Å². The van der Waals surface area contributed by atoms with Gasteiger partial charge < -0.3 is 14.9 Å². The molecule has 6 heteroatoms. The molecule has 25 heavy (non-hydrogen) atoms. The third kappa shape index (κ3) is 3.53. The van der Waals surface area contributed by atoms with E-state index in [1.54, 1.807) is 0 Å². The van der Waals surface area contributed by atoms with Crippen molar-refractivity contribution in [3.05, 3.63) is 0 Å². The minimum Gasteiger partial charge on any atom is -0.481 e. The Morgan fingerprint density at radius 1 is 1.04 bits per heavy atom. The number of nitrogens with zero attached hydrogens (tertiary/aromatic N) is 2. The number of hydrogen-bond acceptors (Lipinski definition) is 3. The SMILES string of the molecule is CC(C)(C)C(=O)N1CCCC(C(=O)N2CCC3(CC2)CC3C(=O)O)C1. The molecule has 0 aromatic rings. The lowest BCUT2D eigenvalue weighted by molar-refractivity contribution is -0.146. The first kappa shape index (κ1) is 18.2. The fourth-order valence-electron chi connectivity index (χ4n) is 4.52. The van der Waals surface area contributed by atoms with Gasteiger partial charge >= 0.3 is 5.97 Å². The topological polar surface area (TPSA) is 77.9 Å². The third-order valence-electron chi connectivity index (χ3n) is 6.26. The summed E-state index contributed by atoms with van der Waals surface area (Å²) in [6.07, 6.45) is 4.07. The van der Waals surface area contributed by atoms with E-state index in [1.165, 1.54) is 0 Å². The molecule has 2 unspecified atom stereocenters. The zero-order chi connectivity index (χ0) is 18.4. The van der Waals surface area contributed by atoms with Gasteiger partial charge in [0.1, 0.15) is 0 Å². The summed E-state index contributed by atoms with van der Waals surface area (Å²) in [4.78, 5) is 40.3. The van der Waals surface area contributed by atoms with Crippen molar-refractivity contribution in [1.82, 2.24) is 9.80 Å². The standard InChI is InChI=1S/C19H30N2O4/c1-18(2,3)17(25)21-8-4-5-13(12-21)15(22)20-9-6-19(7-10-20)11-14(19)16(23)24/h13-14H,4-12H2,1-3H3,(H,23,24). The minimum atomic E-state index is -0.691. The van der Waals surface area contributed by atoms with Crippen LogP contribution in [0.2, 0.25) is 0 Å². The summed E-state index contributed by atoms with van der Waals surface area (Å²) in [5.74, 6) is -0.745. The normalized spacial score (nSPS) is 28.8. The number of amides is 2. The lowest BCUT2D eigenvalue weighted by atomic mass is 9.88. The molecule has 0 aromatic heterocycles. The van der Waals surface area contributed by atoms with Crippen molar-refractivity contribution in [2.45, 2.75) is 52.9 Å². The molecule has 2 heterocycles. The molecule has 2 aliphatic heterocycles. The summed E-state index contributed by atoms with van der Waals surface area (Å²) in [5.41, 5.74) is -0.469. The molecule has 1 N–H and O–H groups in total. The molecule has 1 aliphatic carbocycles. The number of piperidine rings is 2. The van der Waals surface area contributed by atoms with Crippen LogP contribution in [0.1, 0.15) is 52.9 Å². The number of rotatable bonds is 2. The largest absolute Gasteiger partial charge is 0.481 e. The molecule has 1 spiro atoms. The predicted molar refractivity (Wildman–Crippen MR) is 92.7 cm³/mol. The monoisotopic (exact) mass is 350 g/mol. The second kappa shape index (κ2) is 6.29. The fraction of sp³-hybridized carbons (Fsp3) is 0.842. The smallest absolute Gasteiger partial charge is 0.307 e. The molecule has 3 fully saturated rings. The Kier molecular flexibility index (Phi) is 4.58. The van der Waals surface area contributed by atoms with E-state index in [4.69, 9.17) is 0 Å². The van der Waals surface area contributed by atoms with Gasteiger partial charge in [0.2, 0.25) is 11.8 Å². The lowest BCUT2D eigenvalue weighted by Gasteiger charge is -2.39. The quantitative estimate of drug-likeness (QED) is 0.826. The molecular weight excluding hydrogens is 320 g/mol. The molecule has 0 aromatic carbocycles. The lowest BCUT2D eigenvalue weighted by Crippen LogP contribution is -2.50. The highest BCUT2D eigenvalue weighted by molar-refractivity contribution is 5.84. The summed E-state index contributed by atoms with van der Waals surface area (Å²) >= 11 is 0. The summed E-state index contributed by atoms with van der Waals surface area (Å²) in [6, 6.07) is 0. The van der Waals surface area contributed by atoms with E-state index in [-0.39, 0.29) is 29.1 Å². The maximum atomic E-state index is 12.9. The van der Waals surface area contributed by atoms with Crippen molar-refractivity contribution in [3.63, 3.8) is 0 Å². The fourth-order valence-corrected chi connectivity index (χ4v) is 4.52. The van der Waals surface area contributed by atoms with Crippen molar-refractivity contribution in [2.75, 3.05) is 26.2 Å². The molecule has 2 atom stereocenters. The number of carboxylic acids is 1. The van der Waals surface area contributed by atoms with E-state index in [0.29, 0.717) is 19.6 Å². The maximum Gasteiger partial charge on any atom is 0.307 e. The Morgan fingerprint density at radius 3 is 2.20 bits per heavy atom. The molecule has 2 amide bonds. The van der Waals surface area contributed by atoms with E-state index in [9.17, 15) is 19.5 Å². The average Bonchev–Trinajstić information content (AvgIpc) is 3.27. The maximum absolute atomic E-state index is 12.9. The van der Waals surface area contributed by atoms with Crippen LogP contribution in [0.5, 0.6) is 0 Å². The molecule has 6 nitrogen and oxygen atoms in total. The molecule has 3 rings (SSSR count). The second-order valence-electron chi connectivity index (χ2n) is 9.12. The van der Waals surface area contributed by atoms with Crippen LogP contribution in [0.4, 0.5) is 0 Å². The van der Waals surface area contributed by atoms with E-state index >= 15 is 0 Å². The summed E-state index contributed by atoms with van der Waals surface area (Å²) < 4.78 is 0. The van der Waals surface area contributed by atoms with Crippen molar-refractivity contribution in [2.24, 2.45) is 22.7 Å². The van der Waals surface area contributed by atoms with Crippen molar-refractivity contribution < 1.29 is 19.5 Å². The number of hydrogen-bond donors (Lipinski definition) is 1. The summed E-state index contributed by atoms with van der Waals surface area (Å²) in [5, 5.41) is 9.18. The molecule has 1 saturated carbocycles. The van der Waals surface area contributed by atoms with Crippen LogP contribution in [0.15, 0.2) is 0 Å². The molecule has 0 radical (unpaired) electrons. The van der Waals surface area contributed by atoms with Gasteiger partial charge in [-0.1, -0.05) is 20.8 Å². The number of aliphatic carboxylic acids is 1. The van der Waals surface area contributed by atoms with E-state index in [0.717, 1.165) is 38.6 Å². The number of carboxylic acid groups (broad SMARTS) is 1. The van der Waals surface area contributed by atoms with Gasteiger partial charge in [-0.2, -0.15) is 0 Å².